The van der Waals surface area contributed by atoms with Crippen molar-refractivity contribution in [3.8, 4) is 0 Å². The largest absolute Gasteiger partial charge is 0.369 e. The lowest BCUT2D eigenvalue weighted by atomic mass is 10.3. The molecule has 0 fully saturated rings. The number of likely N-dealkylation sites (N-methyl/N-ethyl adjacent to an activating group) is 1. The molecule has 0 aliphatic heterocycles. The van der Waals surface area contributed by atoms with Gasteiger partial charge in [0, 0.05) is 36.3 Å². The number of nitrogens with one attached hydrogen (secondary N) is 2. The third-order valence-corrected chi connectivity index (χ3v) is 5.00. The van der Waals surface area contributed by atoms with Crippen LogP contribution in [0.15, 0.2) is 21.6 Å². The van der Waals surface area contributed by atoms with Gasteiger partial charge in [-0.15, -0.1) is 0 Å². The van der Waals surface area contributed by atoms with Gasteiger partial charge < -0.3 is 10.2 Å². The molecule has 1 aromatic rings. The molecule has 0 saturated carbocycles. The second kappa shape index (κ2) is 8.07. The van der Waals surface area contributed by atoms with Crippen molar-refractivity contribution in [3.05, 3.63) is 16.7 Å². The van der Waals surface area contributed by atoms with Crippen molar-refractivity contribution in [2.45, 2.75) is 31.7 Å². The average molecular weight is 379 g/mol. The quantitative estimate of drug-likeness (QED) is 0.722. The first-order valence-corrected chi connectivity index (χ1v) is 9.15. The molecule has 0 saturated heterocycles. The van der Waals surface area contributed by atoms with Crippen LogP contribution in [0.5, 0.6) is 0 Å². The summed E-state index contributed by atoms with van der Waals surface area (Å²) < 4.78 is 28.0. The van der Waals surface area contributed by atoms with Crippen LogP contribution in [0.2, 0.25) is 0 Å². The molecule has 2 N–H and O–H groups in total. The fourth-order valence-electron chi connectivity index (χ4n) is 1.62. The Hall–Kier alpha value is -0.700. The molecule has 0 bridgehead atoms. The van der Waals surface area contributed by atoms with Gasteiger partial charge in [-0.25, -0.2) is 18.1 Å². The molecule has 0 aliphatic carbocycles. The highest BCUT2D eigenvalue weighted by Gasteiger charge is 2.20. The van der Waals surface area contributed by atoms with E-state index in [1.54, 1.807) is 12.3 Å². The van der Waals surface area contributed by atoms with Gasteiger partial charge in [0.25, 0.3) is 0 Å². The molecule has 1 heterocycles. The summed E-state index contributed by atoms with van der Waals surface area (Å²) in [4.78, 5) is 6.35. The summed E-state index contributed by atoms with van der Waals surface area (Å²) in [6.45, 7) is 7.63. The Morgan fingerprint density at radius 2 is 2.10 bits per heavy atom. The summed E-state index contributed by atoms with van der Waals surface area (Å²) in [5.41, 5.74) is 0. The topological polar surface area (TPSA) is 74.3 Å². The third kappa shape index (κ3) is 5.54. The second-order valence-electron chi connectivity index (χ2n) is 5.00. The van der Waals surface area contributed by atoms with Crippen molar-refractivity contribution in [2.75, 3.05) is 32.0 Å². The molecule has 0 aliphatic rings. The zero-order chi connectivity index (χ0) is 16.0. The molecule has 120 valence electrons. The molecule has 1 aromatic heterocycles. The van der Waals surface area contributed by atoms with Gasteiger partial charge in [-0.1, -0.05) is 0 Å². The molecule has 0 spiro atoms. The Labute approximate surface area is 135 Å². The van der Waals surface area contributed by atoms with Gasteiger partial charge in [0.2, 0.25) is 10.0 Å². The number of anilines is 1. The maximum absolute atomic E-state index is 12.4. The number of nitrogens with zero attached hydrogens (tertiary/aromatic N) is 2. The van der Waals surface area contributed by atoms with Crippen LogP contribution < -0.4 is 10.0 Å². The summed E-state index contributed by atoms with van der Waals surface area (Å²) in [7, 11) is -1.63. The Morgan fingerprint density at radius 1 is 1.43 bits per heavy atom. The van der Waals surface area contributed by atoms with Crippen LogP contribution in [0, 0.1) is 0 Å². The molecule has 0 amide bonds. The minimum atomic E-state index is -3.59. The minimum absolute atomic E-state index is 0.158. The van der Waals surface area contributed by atoms with Crippen LogP contribution in [-0.4, -0.2) is 51.0 Å². The van der Waals surface area contributed by atoms with E-state index in [1.165, 1.54) is 0 Å². The standard InChI is InChI=1S/C13H23BrN4O2S/c1-5-15-13-12(8-11(14)9-16-13)21(19,20)17-6-7-18(4)10(2)3/h8-10,17H,5-7H2,1-4H3,(H,15,16). The van der Waals surface area contributed by atoms with Gasteiger partial charge in [-0.2, -0.15) is 0 Å². The van der Waals surface area contributed by atoms with Crippen LogP contribution in [0.25, 0.3) is 0 Å². The molecule has 0 radical (unpaired) electrons. The van der Waals surface area contributed by atoms with Crippen molar-refractivity contribution in [2.24, 2.45) is 0 Å². The van der Waals surface area contributed by atoms with Crippen molar-refractivity contribution in [1.82, 2.24) is 14.6 Å². The highest BCUT2D eigenvalue weighted by atomic mass is 79.9. The first kappa shape index (κ1) is 18.3. The highest BCUT2D eigenvalue weighted by Crippen LogP contribution is 2.22. The average Bonchev–Trinajstić information content (AvgIpc) is 2.40. The van der Waals surface area contributed by atoms with Gasteiger partial charge >= 0.3 is 0 Å². The Balaban J connectivity index is 2.85. The lowest BCUT2D eigenvalue weighted by molar-refractivity contribution is 0.278. The summed E-state index contributed by atoms with van der Waals surface area (Å²) in [6.07, 6.45) is 1.57. The van der Waals surface area contributed by atoms with Crippen LogP contribution in [0.4, 0.5) is 5.82 Å². The Bertz CT molecular complexity index is 563. The molecular formula is C13H23BrN4O2S. The van der Waals surface area contributed by atoms with E-state index in [-0.39, 0.29) is 4.90 Å². The predicted octanol–water partition coefficient (Wildman–Crippen LogP) is 1.89. The molecule has 1 rings (SSSR count). The smallest absolute Gasteiger partial charge is 0.244 e. The molecule has 8 heteroatoms. The SMILES string of the molecule is CCNc1ncc(Br)cc1S(=O)(=O)NCCN(C)C(C)C. The zero-order valence-corrected chi connectivity index (χ0v) is 15.3. The number of hydrogen-bond acceptors (Lipinski definition) is 5. The molecule has 21 heavy (non-hydrogen) atoms. The minimum Gasteiger partial charge on any atom is -0.369 e. The second-order valence-corrected chi connectivity index (χ2v) is 7.65. The zero-order valence-electron chi connectivity index (χ0n) is 12.9. The molecule has 6 nitrogen and oxygen atoms in total. The normalized spacial score (nSPS) is 12.1. The van der Waals surface area contributed by atoms with Crippen LogP contribution >= 0.6 is 15.9 Å². The molecule has 0 unspecified atom stereocenters. The maximum atomic E-state index is 12.4. The number of halogens is 1. The lowest BCUT2D eigenvalue weighted by Crippen LogP contribution is -2.36. The van der Waals surface area contributed by atoms with Gasteiger partial charge in [-0.3, -0.25) is 0 Å². The summed E-state index contributed by atoms with van der Waals surface area (Å²) in [6, 6.07) is 1.93. The van der Waals surface area contributed by atoms with E-state index in [9.17, 15) is 8.42 Å². The predicted molar refractivity (Wildman–Crippen MR) is 89.1 cm³/mol. The van der Waals surface area contributed by atoms with Crippen LogP contribution in [0.1, 0.15) is 20.8 Å². The van der Waals surface area contributed by atoms with Gasteiger partial charge in [0.05, 0.1) is 0 Å². The van der Waals surface area contributed by atoms with Gasteiger partial charge in [0.15, 0.2) is 0 Å². The summed E-state index contributed by atoms with van der Waals surface area (Å²) in [5.74, 6) is 0.366. The van der Waals surface area contributed by atoms with Crippen molar-refractivity contribution in [3.63, 3.8) is 0 Å². The number of sulfonamides is 1. The number of rotatable bonds is 8. The van der Waals surface area contributed by atoms with E-state index in [1.807, 2.05) is 14.0 Å². The molecule has 0 aromatic carbocycles. The number of aromatic nitrogens is 1. The van der Waals surface area contributed by atoms with E-state index in [0.717, 1.165) is 0 Å². The fourth-order valence-corrected chi connectivity index (χ4v) is 3.28. The van der Waals surface area contributed by atoms with Crippen LogP contribution in [0.3, 0.4) is 0 Å². The third-order valence-electron chi connectivity index (χ3n) is 3.09. The van der Waals surface area contributed by atoms with E-state index in [0.29, 0.717) is 36.0 Å². The summed E-state index contributed by atoms with van der Waals surface area (Å²) in [5, 5.41) is 2.97. The van der Waals surface area contributed by atoms with Gasteiger partial charge in [-0.05, 0) is 49.8 Å². The van der Waals surface area contributed by atoms with Gasteiger partial charge in [0.1, 0.15) is 10.7 Å². The molecular weight excluding hydrogens is 356 g/mol. The maximum Gasteiger partial charge on any atom is 0.244 e. The Morgan fingerprint density at radius 3 is 2.67 bits per heavy atom. The van der Waals surface area contributed by atoms with E-state index < -0.39 is 10.0 Å². The Kier molecular flexibility index (Phi) is 7.05. The van der Waals surface area contributed by atoms with Crippen molar-refractivity contribution < 1.29 is 8.42 Å². The lowest BCUT2D eigenvalue weighted by Gasteiger charge is -2.21. The fraction of sp³-hybridized carbons (Fsp3) is 0.615. The number of pyridine rings is 1. The first-order valence-electron chi connectivity index (χ1n) is 6.87. The van der Waals surface area contributed by atoms with Crippen LogP contribution in [-0.2, 0) is 10.0 Å². The first-order chi connectivity index (χ1) is 9.77. The van der Waals surface area contributed by atoms with E-state index >= 15 is 0 Å². The number of hydrogen-bond donors (Lipinski definition) is 2. The van der Waals surface area contributed by atoms with Crippen molar-refractivity contribution in [1.29, 1.82) is 0 Å². The van der Waals surface area contributed by atoms with Crippen molar-refractivity contribution >= 4 is 31.8 Å². The summed E-state index contributed by atoms with van der Waals surface area (Å²) >= 11 is 3.26. The molecule has 0 atom stereocenters. The van der Waals surface area contributed by atoms with E-state index in [2.05, 4.69) is 49.7 Å². The van der Waals surface area contributed by atoms with E-state index in [4.69, 9.17) is 0 Å². The monoisotopic (exact) mass is 378 g/mol. The highest BCUT2D eigenvalue weighted by molar-refractivity contribution is 9.10.